The average molecular weight is 318 g/mol. The Morgan fingerprint density at radius 3 is 2.48 bits per heavy atom. The van der Waals surface area contributed by atoms with Crippen LogP contribution >= 0.6 is 0 Å². The van der Waals surface area contributed by atoms with Gasteiger partial charge >= 0.3 is 6.09 Å². The van der Waals surface area contributed by atoms with Gasteiger partial charge < -0.3 is 15.7 Å². The SMILES string of the molecule is Nc1cnn(C(c2ccccc2)C2(F)CCN(C(=O)O)CC2)c1. The number of nitrogens with two attached hydrogens (primary N) is 1. The first-order chi connectivity index (χ1) is 11.0. The molecule has 7 heteroatoms. The molecule has 1 fully saturated rings. The lowest BCUT2D eigenvalue weighted by atomic mass is 9.82. The van der Waals surface area contributed by atoms with Crippen molar-refractivity contribution in [1.82, 2.24) is 14.7 Å². The summed E-state index contributed by atoms with van der Waals surface area (Å²) in [7, 11) is 0. The molecule has 0 spiro atoms. The van der Waals surface area contributed by atoms with E-state index in [9.17, 15) is 4.79 Å². The Bertz CT molecular complexity index is 680. The normalized spacial score (nSPS) is 18.6. The Morgan fingerprint density at radius 1 is 1.30 bits per heavy atom. The van der Waals surface area contributed by atoms with Gasteiger partial charge in [-0.05, 0) is 5.56 Å². The molecule has 3 rings (SSSR count). The molecule has 122 valence electrons. The molecular formula is C16H19FN4O2. The lowest BCUT2D eigenvalue weighted by Crippen LogP contribution is -2.48. The number of hydrogen-bond acceptors (Lipinski definition) is 3. The number of amides is 1. The number of halogens is 1. The molecule has 1 saturated heterocycles. The number of anilines is 1. The molecule has 0 aliphatic carbocycles. The topological polar surface area (TPSA) is 84.4 Å². The molecule has 1 atom stereocenters. The van der Waals surface area contributed by atoms with Gasteiger partial charge in [-0.3, -0.25) is 4.68 Å². The van der Waals surface area contributed by atoms with Gasteiger partial charge in [0.2, 0.25) is 0 Å². The zero-order chi connectivity index (χ0) is 16.4. The van der Waals surface area contributed by atoms with Gasteiger partial charge in [0.05, 0.1) is 11.9 Å². The first-order valence-electron chi connectivity index (χ1n) is 7.51. The van der Waals surface area contributed by atoms with Gasteiger partial charge in [-0.2, -0.15) is 5.10 Å². The fraction of sp³-hybridized carbons (Fsp3) is 0.375. The molecule has 0 saturated carbocycles. The third-order valence-corrected chi connectivity index (χ3v) is 4.36. The Balaban J connectivity index is 1.94. The van der Waals surface area contributed by atoms with Crippen molar-refractivity contribution < 1.29 is 14.3 Å². The maximum Gasteiger partial charge on any atom is 0.407 e. The summed E-state index contributed by atoms with van der Waals surface area (Å²) in [6.45, 7) is 0.345. The molecule has 1 amide bonds. The van der Waals surface area contributed by atoms with E-state index in [4.69, 9.17) is 10.8 Å². The third kappa shape index (κ3) is 2.99. The van der Waals surface area contributed by atoms with Crippen LogP contribution in [0.15, 0.2) is 42.7 Å². The molecule has 1 aliphatic heterocycles. The quantitative estimate of drug-likeness (QED) is 0.911. The molecule has 1 unspecified atom stereocenters. The summed E-state index contributed by atoms with van der Waals surface area (Å²) in [6, 6.07) is 8.66. The zero-order valence-corrected chi connectivity index (χ0v) is 12.6. The summed E-state index contributed by atoms with van der Waals surface area (Å²) in [5.74, 6) is 0. The van der Waals surface area contributed by atoms with E-state index in [1.165, 1.54) is 11.1 Å². The van der Waals surface area contributed by atoms with Crippen LogP contribution in [-0.2, 0) is 0 Å². The number of carbonyl (C=O) groups is 1. The van der Waals surface area contributed by atoms with Crippen molar-refractivity contribution in [3.05, 3.63) is 48.3 Å². The van der Waals surface area contributed by atoms with E-state index in [1.807, 2.05) is 30.3 Å². The Morgan fingerprint density at radius 2 is 1.96 bits per heavy atom. The van der Waals surface area contributed by atoms with Gasteiger partial charge in [-0.1, -0.05) is 30.3 Å². The van der Waals surface area contributed by atoms with Gasteiger partial charge in [-0.15, -0.1) is 0 Å². The van der Waals surface area contributed by atoms with Crippen molar-refractivity contribution in [2.75, 3.05) is 18.8 Å². The van der Waals surface area contributed by atoms with E-state index < -0.39 is 17.8 Å². The number of nitrogens with zero attached hydrogens (tertiary/aromatic N) is 3. The van der Waals surface area contributed by atoms with Gasteiger partial charge in [0.1, 0.15) is 11.7 Å². The second-order valence-electron chi connectivity index (χ2n) is 5.87. The highest BCUT2D eigenvalue weighted by Crippen LogP contribution is 2.41. The lowest BCUT2D eigenvalue weighted by molar-refractivity contribution is 0.0245. The van der Waals surface area contributed by atoms with Crippen molar-refractivity contribution in [2.24, 2.45) is 0 Å². The highest BCUT2D eigenvalue weighted by Gasteiger charge is 2.45. The van der Waals surface area contributed by atoms with Crippen LogP contribution in [0.25, 0.3) is 0 Å². The van der Waals surface area contributed by atoms with Crippen LogP contribution in [0.4, 0.5) is 14.9 Å². The molecule has 1 aliphatic rings. The molecule has 2 aromatic rings. The summed E-state index contributed by atoms with van der Waals surface area (Å²) in [6.07, 6.45) is 2.34. The summed E-state index contributed by atoms with van der Waals surface area (Å²) < 4.78 is 17.3. The van der Waals surface area contributed by atoms with E-state index in [-0.39, 0.29) is 25.9 Å². The van der Waals surface area contributed by atoms with Crippen LogP contribution in [0.5, 0.6) is 0 Å². The smallest absolute Gasteiger partial charge is 0.407 e. The lowest BCUT2D eigenvalue weighted by Gasteiger charge is -2.40. The van der Waals surface area contributed by atoms with E-state index in [0.29, 0.717) is 5.69 Å². The first kappa shape index (κ1) is 15.3. The van der Waals surface area contributed by atoms with E-state index in [0.717, 1.165) is 5.56 Å². The Kier molecular flexibility index (Phi) is 3.94. The fourth-order valence-corrected chi connectivity index (χ4v) is 3.16. The number of alkyl halides is 1. The number of nitrogen functional groups attached to an aromatic ring is 1. The van der Waals surface area contributed by atoms with Crippen molar-refractivity contribution in [2.45, 2.75) is 24.6 Å². The number of aromatic nitrogens is 2. The van der Waals surface area contributed by atoms with E-state index in [1.54, 1.807) is 10.9 Å². The summed E-state index contributed by atoms with van der Waals surface area (Å²) in [5, 5.41) is 13.2. The van der Waals surface area contributed by atoms with Crippen LogP contribution in [0, 0.1) is 0 Å². The fourth-order valence-electron chi connectivity index (χ4n) is 3.16. The number of hydrogen-bond donors (Lipinski definition) is 2. The number of benzene rings is 1. The van der Waals surface area contributed by atoms with Gasteiger partial charge in [-0.25, -0.2) is 9.18 Å². The summed E-state index contributed by atoms with van der Waals surface area (Å²) >= 11 is 0. The predicted octanol–water partition coefficient (Wildman–Crippen LogP) is 2.54. The Hall–Kier alpha value is -2.57. The second kappa shape index (κ2) is 5.91. The minimum atomic E-state index is -1.58. The molecule has 1 aromatic heterocycles. The van der Waals surface area contributed by atoms with Gasteiger partial charge in [0, 0.05) is 32.1 Å². The minimum Gasteiger partial charge on any atom is -0.465 e. The number of likely N-dealkylation sites (tertiary alicyclic amines) is 1. The molecule has 0 bridgehead atoms. The van der Waals surface area contributed by atoms with E-state index >= 15 is 4.39 Å². The molecule has 6 nitrogen and oxygen atoms in total. The molecule has 3 N–H and O–H groups in total. The van der Waals surface area contributed by atoms with Gasteiger partial charge in [0.25, 0.3) is 0 Å². The molecule has 1 aromatic carbocycles. The Labute approximate surface area is 133 Å². The molecule has 2 heterocycles. The monoisotopic (exact) mass is 318 g/mol. The molecule has 0 radical (unpaired) electrons. The van der Waals surface area contributed by atoms with Crippen molar-refractivity contribution in [1.29, 1.82) is 0 Å². The predicted molar refractivity (Wildman–Crippen MR) is 83.9 cm³/mol. The van der Waals surface area contributed by atoms with Crippen LogP contribution in [0.3, 0.4) is 0 Å². The third-order valence-electron chi connectivity index (χ3n) is 4.36. The number of rotatable bonds is 3. The van der Waals surface area contributed by atoms with Crippen molar-refractivity contribution in [3.63, 3.8) is 0 Å². The molecular weight excluding hydrogens is 299 g/mol. The van der Waals surface area contributed by atoms with Crippen LogP contribution in [0.1, 0.15) is 24.4 Å². The van der Waals surface area contributed by atoms with Gasteiger partial charge in [0.15, 0.2) is 0 Å². The number of piperidine rings is 1. The second-order valence-corrected chi connectivity index (χ2v) is 5.87. The minimum absolute atomic E-state index is 0.124. The van der Waals surface area contributed by atoms with Crippen LogP contribution in [0.2, 0.25) is 0 Å². The maximum atomic E-state index is 15.7. The number of carboxylic acid groups (broad SMARTS) is 1. The van der Waals surface area contributed by atoms with E-state index in [2.05, 4.69) is 5.10 Å². The van der Waals surface area contributed by atoms with Crippen LogP contribution < -0.4 is 5.73 Å². The molecule has 23 heavy (non-hydrogen) atoms. The maximum absolute atomic E-state index is 15.7. The van der Waals surface area contributed by atoms with Crippen molar-refractivity contribution in [3.8, 4) is 0 Å². The van der Waals surface area contributed by atoms with Crippen LogP contribution in [-0.4, -0.2) is 44.6 Å². The highest BCUT2D eigenvalue weighted by molar-refractivity contribution is 5.65. The zero-order valence-electron chi connectivity index (χ0n) is 12.6. The highest BCUT2D eigenvalue weighted by atomic mass is 19.1. The largest absolute Gasteiger partial charge is 0.465 e. The summed E-state index contributed by atoms with van der Waals surface area (Å²) in [4.78, 5) is 12.3. The standard InChI is InChI=1S/C16H19FN4O2/c17-16(6-8-20(9-7-16)15(22)23)14(12-4-2-1-3-5-12)21-11-13(18)10-19-21/h1-5,10-11,14H,6-9,18H2,(H,22,23). The first-order valence-corrected chi connectivity index (χ1v) is 7.51. The summed E-state index contributed by atoms with van der Waals surface area (Å²) in [5.41, 5.74) is 5.42. The van der Waals surface area contributed by atoms with Crippen molar-refractivity contribution >= 4 is 11.8 Å². The average Bonchev–Trinajstić information content (AvgIpc) is 2.94.